The third kappa shape index (κ3) is 3.92. The largest absolute Gasteiger partial charge is 0.507 e. The van der Waals surface area contributed by atoms with Crippen LogP contribution in [0.2, 0.25) is 5.02 Å². The number of amides is 1. The summed E-state index contributed by atoms with van der Waals surface area (Å²) in [5, 5.41) is 23.8. The first kappa shape index (κ1) is 16.6. The first-order chi connectivity index (χ1) is 10.9. The maximum Gasteiger partial charge on any atom is 0.271 e. The lowest BCUT2D eigenvalue weighted by Crippen LogP contribution is -2.17. The van der Waals surface area contributed by atoms with Gasteiger partial charge in [-0.2, -0.15) is 5.10 Å². The first-order valence-corrected chi connectivity index (χ1v) is 6.99. The lowest BCUT2D eigenvalue weighted by Gasteiger charge is -2.06. The Hall–Kier alpha value is -2.73. The van der Waals surface area contributed by atoms with E-state index in [2.05, 4.69) is 10.5 Å². The van der Waals surface area contributed by atoms with Crippen LogP contribution in [0.25, 0.3) is 0 Å². The molecule has 0 heterocycles. The number of ether oxygens (including phenoxy) is 1. The molecule has 0 spiro atoms. The Morgan fingerprint density at radius 3 is 2.70 bits per heavy atom. The van der Waals surface area contributed by atoms with Crippen molar-refractivity contribution in [1.82, 2.24) is 5.43 Å². The van der Waals surface area contributed by atoms with Gasteiger partial charge in [-0.25, -0.2) is 5.43 Å². The molecule has 7 heteroatoms. The van der Waals surface area contributed by atoms with Crippen molar-refractivity contribution in [2.75, 3.05) is 7.11 Å². The maximum atomic E-state index is 11.9. The van der Waals surface area contributed by atoms with Gasteiger partial charge in [-0.1, -0.05) is 11.6 Å². The number of methoxy groups -OCH3 is 1. The predicted molar refractivity (Wildman–Crippen MR) is 87.6 cm³/mol. The van der Waals surface area contributed by atoms with Crippen LogP contribution < -0.4 is 10.2 Å². The standard InChI is InChI=1S/C16H15ClN2O4/c1-9-5-12(17)6-11(15(9)21)8-18-19-16(22)10-3-4-14(23-2)13(20)7-10/h3-8,20-21H,1-2H3,(H,19,22). The molecular weight excluding hydrogens is 320 g/mol. The number of carbonyl (C=O) groups is 1. The number of aromatic hydroxyl groups is 2. The molecule has 2 rings (SSSR count). The molecule has 6 nitrogen and oxygen atoms in total. The molecule has 0 aliphatic heterocycles. The van der Waals surface area contributed by atoms with Gasteiger partial charge < -0.3 is 14.9 Å². The third-order valence-electron chi connectivity index (χ3n) is 3.11. The Morgan fingerprint density at radius 1 is 1.30 bits per heavy atom. The smallest absolute Gasteiger partial charge is 0.271 e. The molecule has 3 N–H and O–H groups in total. The molecule has 0 aliphatic rings. The van der Waals surface area contributed by atoms with Crippen molar-refractivity contribution in [1.29, 1.82) is 0 Å². The summed E-state index contributed by atoms with van der Waals surface area (Å²) in [4.78, 5) is 11.9. The van der Waals surface area contributed by atoms with Crippen molar-refractivity contribution in [3.05, 3.63) is 52.0 Å². The second kappa shape index (κ2) is 7.02. The van der Waals surface area contributed by atoms with Gasteiger partial charge in [-0.05, 0) is 42.8 Å². The van der Waals surface area contributed by atoms with E-state index in [1.54, 1.807) is 13.0 Å². The molecule has 0 saturated carbocycles. The molecule has 0 unspecified atom stereocenters. The van der Waals surface area contributed by atoms with E-state index >= 15 is 0 Å². The zero-order chi connectivity index (χ0) is 17.0. The molecule has 2 aromatic carbocycles. The Labute approximate surface area is 138 Å². The zero-order valence-corrected chi connectivity index (χ0v) is 13.3. The Kier molecular flexibility index (Phi) is 5.08. The van der Waals surface area contributed by atoms with E-state index in [1.807, 2.05) is 0 Å². The number of hydrazone groups is 1. The van der Waals surface area contributed by atoms with Crippen molar-refractivity contribution in [3.63, 3.8) is 0 Å². The normalized spacial score (nSPS) is 10.7. The van der Waals surface area contributed by atoms with Crippen molar-refractivity contribution < 1.29 is 19.7 Å². The number of aryl methyl sites for hydroxylation is 1. The van der Waals surface area contributed by atoms with Gasteiger partial charge >= 0.3 is 0 Å². The Balaban J connectivity index is 2.11. The van der Waals surface area contributed by atoms with Crippen LogP contribution in [0.5, 0.6) is 17.2 Å². The molecule has 0 radical (unpaired) electrons. The maximum absolute atomic E-state index is 11.9. The highest BCUT2D eigenvalue weighted by molar-refractivity contribution is 6.31. The lowest BCUT2D eigenvalue weighted by atomic mass is 10.1. The minimum atomic E-state index is -0.516. The van der Waals surface area contributed by atoms with E-state index in [0.29, 0.717) is 16.1 Å². The molecule has 0 atom stereocenters. The van der Waals surface area contributed by atoms with E-state index in [-0.39, 0.29) is 22.8 Å². The van der Waals surface area contributed by atoms with Crippen LogP contribution in [-0.2, 0) is 0 Å². The summed E-state index contributed by atoms with van der Waals surface area (Å²) in [6.45, 7) is 1.71. The molecule has 0 fully saturated rings. The van der Waals surface area contributed by atoms with E-state index < -0.39 is 5.91 Å². The predicted octanol–water partition coefficient (Wildman–Crippen LogP) is 2.83. The number of hydrogen-bond donors (Lipinski definition) is 3. The number of rotatable bonds is 4. The molecule has 0 aromatic heterocycles. The number of nitrogens with one attached hydrogen (secondary N) is 1. The average molecular weight is 335 g/mol. The number of phenolic OH excluding ortho intramolecular Hbond substituents is 2. The van der Waals surface area contributed by atoms with Gasteiger partial charge in [0.2, 0.25) is 0 Å². The number of nitrogens with zero attached hydrogens (tertiary/aromatic N) is 1. The highest BCUT2D eigenvalue weighted by atomic mass is 35.5. The molecule has 2 aromatic rings. The van der Waals surface area contributed by atoms with Gasteiger partial charge in [0.05, 0.1) is 13.3 Å². The molecule has 0 bridgehead atoms. The first-order valence-electron chi connectivity index (χ1n) is 6.62. The number of phenols is 2. The van der Waals surface area contributed by atoms with Crippen LogP contribution in [0.1, 0.15) is 21.5 Å². The topological polar surface area (TPSA) is 91.2 Å². The molecular formula is C16H15ClN2O4. The summed E-state index contributed by atoms with van der Waals surface area (Å²) in [5.74, 6) is -0.358. The monoisotopic (exact) mass is 334 g/mol. The lowest BCUT2D eigenvalue weighted by molar-refractivity contribution is 0.0954. The van der Waals surface area contributed by atoms with E-state index in [1.165, 1.54) is 37.6 Å². The van der Waals surface area contributed by atoms with E-state index in [0.717, 1.165) is 0 Å². The fraction of sp³-hybridized carbons (Fsp3) is 0.125. The average Bonchev–Trinajstić information content (AvgIpc) is 2.51. The summed E-state index contributed by atoms with van der Waals surface area (Å²) >= 11 is 5.91. The van der Waals surface area contributed by atoms with Gasteiger partial charge in [0.1, 0.15) is 5.75 Å². The third-order valence-corrected chi connectivity index (χ3v) is 3.32. The summed E-state index contributed by atoms with van der Waals surface area (Å²) in [5.41, 5.74) is 3.50. The van der Waals surface area contributed by atoms with Gasteiger partial charge in [0, 0.05) is 16.1 Å². The number of hydrogen-bond acceptors (Lipinski definition) is 5. The summed E-state index contributed by atoms with van der Waals surface area (Å²) in [6, 6.07) is 7.38. The highest BCUT2D eigenvalue weighted by Crippen LogP contribution is 2.26. The van der Waals surface area contributed by atoms with Gasteiger partial charge in [0.15, 0.2) is 11.5 Å². The second-order valence-electron chi connectivity index (χ2n) is 4.75. The number of halogens is 1. The van der Waals surface area contributed by atoms with Crippen molar-refractivity contribution in [3.8, 4) is 17.2 Å². The Morgan fingerprint density at radius 2 is 2.04 bits per heavy atom. The molecule has 23 heavy (non-hydrogen) atoms. The van der Waals surface area contributed by atoms with Crippen LogP contribution in [0.3, 0.4) is 0 Å². The zero-order valence-electron chi connectivity index (χ0n) is 12.5. The minimum absolute atomic E-state index is 0.0366. The molecule has 0 aliphatic carbocycles. The van der Waals surface area contributed by atoms with Crippen LogP contribution in [0.15, 0.2) is 35.4 Å². The SMILES string of the molecule is COc1ccc(C(=O)NN=Cc2cc(Cl)cc(C)c2O)cc1O. The highest BCUT2D eigenvalue weighted by Gasteiger charge is 2.09. The van der Waals surface area contributed by atoms with Gasteiger partial charge in [0.25, 0.3) is 5.91 Å². The fourth-order valence-electron chi connectivity index (χ4n) is 1.92. The van der Waals surface area contributed by atoms with Crippen molar-refractivity contribution in [2.45, 2.75) is 6.92 Å². The van der Waals surface area contributed by atoms with Crippen molar-refractivity contribution in [2.24, 2.45) is 5.10 Å². The van der Waals surface area contributed by atoms with E-state index in [4.69, 9.17) is 16.3 Å². The summed E-state index contributed by atoms with van der Waals surface area (Å²) < 4.78 is 4.90. The van der Waals surface area contributed by atoms with Crippen LogP contribution in [0, 0.1) is 6.92 Å². The molecule has 120 valence electrons. The molecule has 1 amide bonds. The van der Waals surface area contributed by atoms with E-state index in [9.17, 15) is 15.0 Å². The van der Waals surface area contributed by atoms with Crippen molar-refractivity contribution >= 4 is 23.7 Å². The van der Waals surface area contributed by atoms with Crippen LogP contribution >= 0.6 is 11.6 Å². The van der Waals surface area contributed by atoms with Crippen LogP contribution in [-0.4, -0.2) is 29.4 Å². The van der Waals surface area contributed by atoms with Crippen LogP contribution in [0.4, 0.5) is 0 Å². The fourth-order valence-corrected chi connectivity index (χ4v) is 2.20. The van der Waals surface area contributed by atoms with Gasteiger partial charge in [-0.15, -0.1) is 0 Å². The van der Waals surface area contributed by atoms with Gasteiger partial charge in [-0.3, -0.25) is 4.79 Å². The minimum Gasteiger partial charge on any atom is -0.507 e. The quantitative estimate of drug-likeness (QED) is 0.592. The second-order valence-corrected chi connectivity index (χ2v) is 5.18. The number of carbonyl (C=O) groups excluding carboxylic acids is 1. The molecule has 0 saturated heterocycles. The summed E-state index contributed by atoms with van der Waals surface area (Å²) in [6.07, 6.45) is 1.29. The summed E-state index contributed by atoms with van der Waals surface area (Å²) in [7, 11) is 1.42. The Bertz CT molecular complexity index is 775. The number of benzene rings is 2.